The van der Waals surface area contributed by atoms with Crippen LogP contribution in [0.15, 0.2) is 60.7 Å². The Morgan fingerprint density at radius 2 is 1.54 bits per heavy atom. The average Bonchev–Trinajstić information content (AvgIpc) is 2.70. The van der Waals surface area contributed by atoms with Crippen LogP contribution in [0.25, 0.3) is 16.8 Å². The van der Waals surface area contributed by atoms with Gasteiger partial charge >= 0.3 is 0 Å². The minimum Gasteiger partial charge on any atom is -0.493 e. The highest BCUT2D eigenvalue weighted by molar-refractivity contribution is 6.08. The van der Waals surface area contributed by atoms with Gasteiger partial charge < -0.3 is 14.2 Å². The highest BCUT2D eigenvalue weighted by atomic mass is 16.5. The molecule has 26 heavy (non-hydrogen) atoms. The van der Waals surface area contributed by atoms with E-state index < -0.39 is 0 Å². The van der Waals surface area contributed by atoms with Gasteiger partial charge in [-0.2, -0.15) is 0 Å². The van der Waals surface area contributed by atoms with Gasteiger partial charge in [0.2, 0.25) is 5.75 Å². The quantitative estimate of drug-likeness (QED) is 0.476. The number of fused-ring (bicyclic) bond motifs is 1. The van der Waals surface area contributed by atoms with Gasteiger partial charge in [0.1, 0.15) is 0 Å². The monoisotopic (exact) mass is 348 g/mol. The van der Waals surface area contributed by atoms with E-state index in [2.05, 4.69) is 0 Å². The molecule has 3 aromatic carbocycles. The van der Waals surface area contributed by atoms with E-state index in [4.69, 9.17) is 14.2 Å². The smallest absolute Gasteiger partial charge is 0.203 e. The molecule has 0 aliphatic heterocycles. The largest absolute Gasteiger partial charge is 0.493 e. The molecule has 0 atom stereocenters. The van der Waals surface area contributed by atoms with Gasteiger partial charge in [-0.25, -0.2) is 0 Å². The Morgan fingerprint density at radius 1 is 0.808 bits per heavy atom. The molecule has 0 bridgehead atoms. The van der Waals surface area contributed by atoms with E-state index in [1.165, 1.54) is 6.08 Å². The van der Waals surface area contributed by atoms with Crippen LogP contribution in [-0.4, -0.2) is 27.1 Å². The Morgan fingerprint density at radius 3 is 2.23 bits per heavy atom. The Balaban J connectivity index is 1.92. The lowest BCUT2D eigenvalue weighted by molar-refractivity contribution is 0.104. The minimum atomic E-state index is -0.0763. The van der Waals surface area contributed by atoms with E-state index in [1.54, 1.807) is 33.5 Å². The van der Waals surface area contributed by atoms with Gasteiger partial charge in [-0.05, 0) is 41.1 Å². The minimum absolute atomic E-state index is 0.0763. The topological polar surface area (TPSA) is 44.8 Å². The molecule has 0 spiro atoms. The van der Waals surface area contributed by atoms with Gasteiger partial charge in [-0.3, -0.25) is 4.79 Å². The Kier molecular flexibility index (Phi) is 5.23. The van der Waals surface area contributed by atoms with Gasteiger partial charge in [0.05, 0.1) is 21.3 Å². The molecular formula is C22H20O4. The van der Waals surface area contributed by atoms with E-state index in [-0.39, 0.29) is 5.78 Å². The number of rotatable bonds is 6. The molecule has 132 valence electrons. The van der Waals surface area contributed by atoms with Gasteiger partial charge in [0.25, 0.3) is 0 Å². The molecule has 0 unspecified atom stereocenters. The second-order valence-electron chi connectivity index (χ2n) is 5.68. The molecule has 0 saturated heterocycles. The highest BCUT2D eigenvalue weighted by Crippen LogP contribution is 2.40. The molecule has 0 aromatic heterocycles. The van der Waals surface area contributed by atoms with Crippen LogP contribution in [-0.2, 0) is 0 Å². The molecule has 3 aromatic rings. The van der Waals surface area contributed by atoms with Crippen molar-refractivity contribution in [3.63, 3.8) is 0 Å². The highest BCUT2D eigenvalue weighted by Gasteiger charge is 2.14. The van der Waals surface area contributed by atoms with Crippen LogP contribution in [0, 0.1) is 0 Å². The zero-order valence-corrected chi connectivity index (χ0v) is 15.0. The van der Waals surface area contributed by atoms with Gasteiger partial charge in [0.15, 0.2) is 17.3 Å². The zero-order chi connectivity index (χ0) is 18.5. The maximum Gasteiger partial charge on any atom is 0.203 e. The number of allylic oxidation sites excluding steroid dienone is 1. The van der Waals surface area contributed by atoms with Crippen LogP contribution in [0.5, 0.6) is 17.2 Å². The average molecular weight is 348 g/mol. The van der Waals surface area contributed by atoms with Crippen molar-refractivity contribution >= 4 is 22.6 Å². The zero-order valence-electron chi connectivity index (χ0n) is 15.0. The number of hydrogen-bond acceptors (Lipinski definition) is 4. The summed E-state index contributed by atoms with van der Waals surface area (Å²) in [5, 5.41) is 2.14. The fraction of sp³-hybridized carbons (Fsp3) is 0.136. The molecule has 0 aliphatic rings. The SMILES string of the molecule is COc1ccc(/C=C/C(=O)c2ccc3ccccc3c2)c(OC)c1OC. The summed E-state index contributed by atoms with van der Waals surface area (Å²) in [6.45, 7) is 0. The normalized spacial score (nSPS) is 10.9. The first-order valence-electron chi connectivity index (χ1n) is 8.18. The van der Waals surface area contributed by atoms with Crippen molar-refractivity contribution in [3.8, 4) is 17.2 Å². The molecule has 0 radical (unpaired) electrons. The number of hydrogen-bond donors (Lipinski definition) is 0. The Bertz CT molecular complexity index is 973. The summed E-state index contributed by atoms with van der Waals surface area (Å²) in [5.41, 5.74) is 1.37. The van der Waals surface area contributed by atoms with Crippen LogP contribution >= 0.6 is 0 Å². The van der Waals surface area contributed by atoms with E-state index in [9.17, 15) is 4.79 Å². The molecule has 0 amide bonds. The van der Waals surface area contributed by atoms with Crippen molar-refractivity contribution in [2.24, 2.45) is 0 Å². The third-order valence-corrected chi connectivity index (χ3v) is 4.18. The van der Waals surface area contributed by atoms with E-state index in [1.807, 2.05) is 48.5 Å². The van der Waals surface area contributed by atoms with Crippen LogP contribution in [0.2, 0.25) is 0 Å². The van der Waals surface area contributed by atoms with Crippen LogP contribution in [0.1, 0.15) is 15.9 Å². The summed E-state index contributed by atoms with van der Waals surface area (Å²) in [5.74, 6) is 1.51. The lowest BCUT2D eigenvalue weighted by Gasteiger charge is -2.13. The second-order valence-corrected chi connectivity index (χ2v) is 5.68. The molecule has 4 heteroatoms. The fourth-order valence-electron chi connectivity index (χ4n) is 2.86. The maximum atomic E-state index is 12.6. The summed E-state index contributed by atoms with van der Waals surface area (Å²) in [6.07, 6.45) is 3.26. The predicted molar refractivity (Wildman–Crippen MR) is 103 cm³/mol. The number of methoxy groups -OCH3 is 3. The van der Waals surface area contributed by atoms with Crippen LogP contribution in [0.3, 0.4) is 0 Å². The first kappa shape index (κ1) is 17.5. The summed E-state index contributed by atoms with van der Waals surface area (Å²) in [6, 6.07) is 17.2. The van der Waals surface area contributed by atoms with Crippen molar-refractivity contribution in [1.29, 1.82) is 0 Å². The molecular weight excluding hydrogens is 328 g/mol. The molecule has 4 nitrogen and oxygen atoms in total. The fourth-order valence-corrected chi connectivity index (χ4v) is 2.86. The first-order chi connectivity index (χ1) is 12.7. The van der Waals surface area contributed by atoms with Crippen molar-refractivity contribution in [1.82, 2.24) is 0 Å². The molecule has 0 heterocycles. The van der Waals surface area contributed by atoms with E-state index in [0.29, 0.717) is 22.8 Å². The van der Waals surface area contributed by atoms with Crippen molar-refractivity contribution in [3.05, 3.63) is 71.8 Å². The molecule has 3 rings (SSSR count). The second kappa shape index (κ2) is 7.74. The standard InChI is InChI=1S/C22H20O4/c1-24-20-13-11-16(21(25-2)22(20)26-3)10-12-19(23)18-9-8-15-6-4-5-7-17(15)14-18/h4-14H,1-3H3/b12-10+. The number of benzene rings is 3. The predicted octanol–water partition coefficient (Wildman–Crippen LogP) is 4.76. The number of carbonyl (C=O) groups is 1. The van der Waals surface area contributed by atoms with Gasteiger partial charge in [-0.1, -0.05) is 36.4 Å². The molecule has 0 fully saturated rings. The van der Waals surface area contributed by atoms with Crippen LogP contribution < -0.4 is 14.2 Å². The third-order valence-electron chi connectivity index (χ3n) is 4.18. The third kappa shape index (κ3) is 3.40. The van der Waals surface area contributed by atoms with Crippen molar-refractivity contribution in [2.75, 3.05) is 21.3 Å². The van der Waals surface area contributed by atoms with E-state index >= 15 is 0 Å². The number of ether oxygens (including phenoxy) is 3. The van der Waals surface area contributed by atoms with Gasteiger partial charge in [-0.15, -0.1) is 0 Å². The van der Waals surface area contributed by atoms with Crippen molar-refractivity contribution < 1.29 is 19.0 Å². The number of ketones is 1. The summed E-state index contributed by atoms with van der Waals surface area (Å²) < 4.78 is 16.1. The first-order valence-corrected chi connectivity index (χ1v) is 8.18. The molecule has 0 saturated carbocycles. The van der Waals surface area contributed by atoms with Gasteiger partial charge in [0, 0.05) is 11.1 Å². The Hall–Kier alpha value is -3.27. The Labute approximate surface area is 152 Å². The molecule has 0 N–H and O–H groups in total. The maximum absolute atomic E-state index is 12.6. The number of carbonyl (C=O) groups excluding carboxylic acids is 1. The summed E-state index contributed by atoms with van der Waals surface area (Å²) >= 11 is 0. The summed E-state index contributed by atoms with van der Waals surface area (Å²) in [7, 11) is 4.67. The lowest BCUT2D eigenvalue weighted by atomic mass is 10.0. The van der Waals surface area contributed by atoms with E-state index in [0.717, 1.165) is 16.3 Å². The molecule has 0 aliphatic carbocycles. The summed E-state index contributed by atoms with van der Waals surface area (Å²) in [4.78, 5) is 12.6. The van der Waals surface area contributed by atoms with Crippen molar-refractivity contribution in [2.45, 2.75) is 0 Å². The van der Waals surface area contributed by atoms with Crippen LogP contribution in [0.4, 0.5) is 0 Å². The lowest BCUT2D eigenvalue weighted by Crippen LogP contribution is -1.97.